The summed E-state index contributed by atoms with van der Waals surface area (Å²) in [7, 11) is 0. The molecular formula is C16H22N4OS. The highest BCUT2D eigenvalue weighted by molar-refractivity contribution is 7.99. The molecule has 0 aliphatic carbocycles. The molecule has 2 aromatic heterocycles. The van der Waals surface area contributed by atoms with Crippen molar-refractivity contribution in [1.82, 2.24) is 14.8 Å². The van der Waals surface area contributed by atoms with Crippen LogP contribution in [0.5, 0.6) is 0 Å². The molecule has 118 valence electrons. The molecule has 2 aromatic rings. The average molecular weight is 318 g/mol. The molecule has 22 heavy (non-hydrogen) atoms. The van der Waals surface area contributed by atoms with Crippen molar-refractivity contribution >= 4 is 23.4 Å². The number of hydrogen-bond acceptors (Lipinski definition) is 4. The summed E-state index contributed by atoms with van der Waals surface area (Å²) in [6.45, 7) is 6.09. The predicted molar refractivity (Wildman–Crippen MR) is 91.7 cm³/mol. The maximum absolute atomic E-state index is 11.8. The van der Waals surface area contributed by atoms with Crippen LogP contribution in [0, 0.1) is 13.8 Å². The predicted octanol–water partition coefficient (Wildman–Crippen LogP) is 3.36. The van der Waals surface area contributed by atoms with Gasteiger partial charge in [-0.1, -0.05) is 13.3 Å². The van der Waals surface area contributed by atoms with E-state index >= 15 is 0 Å². The normalized spacial score (nSPS) is 10.7. The molecule has 0 unspecified atom stereocenters. The lowest BCUT2D eigenvalue weighted by Crippen LogP contribution is -2.14. The number of amides is 1. The average Bonchev–Trinajstić information content (AvgIpc) is 2.83. The number of thioether (sulfide) groups is 1. The first-order valence-electron chi connectivity index (χ1n) is 7.47. The van der Waals surface area contributed by atoms with Crippen LogP contribution in [-0.4, -0.2) is 32.2 Å². The topological polar surface area (TPSA) is 59.8 Å². The van der Waals surface area contributed by atoms with Gasteiger partial charge in [-0.05, 0) is 44.2 Å². The van der Waals surface area contributed by atoms with Gasteiger partial charge in [-0.25, -0.2) is 9.67 Å². The zero-order valence-electron chi connectivity index (χ0n) is 13.3. The van der Waals surface area contributed by atoms with Crippen LogP contribution in [-0.2, 0) is 4.79 Å². The molecule has 0 saturated carbocycles. The molecule has 0 fully saturated rings. The van der Waals surface area contributed by atoms with E-state index in [1.807, 2.05) is 32.0 Å². The monoisotopic (exact) mass is 318 g/mol. The number of carbonyl (C=O) groups excluding carboxylic acids is 1. The number of pyridine rings is 1. The van der Waals surface area contributed by atoms with Gasteiger partial charge in [0.05, 0.1) is 23.3 Å². The summed E-state index contributed by atoms with van der Waals surface area (Å²) in [5, 5.41) is 7.26. The van der Waals surface area contributed by atoms with Crippen molar-refractivity contribution in [2.75, 3.05) is 16.8 Å². The third-order valence-corrected chi connectivity index (χ3v) is 4.18. The molecule has 6 heteroatoms. The van der Waals surface area contributed by atoms with Crippen molar-refractivity contribution in [1.29, 1.82) is 0 Å². The van der Waals surface area contributed by atoms with Crippen LogP contribution in [0.3, 0.4) is 0 Å². The lowest BCUT2D eigenvalue weighted by molar-refractivity contribution is -0.113. The van der Waals surface area contributed by atoms with Crippen LogP contribution in [0.15, 0.2) is 24.4 Å². The summed E-state index contributed by atoms with van der Waals surface area (Å²) in [5.41, 5.74) is 2.71. The van der Waals surface area contributed by atoms with Gasteiger partial charge < -0.3 is 5.32 Å². The van der Waals surface area contributed by atoms with Gasteiger partial charge in [0.25, 0.3) is 0 Å². The largest absolute Gasteiger partial charge is 0.324 e. The van der Waals surface area contributed by atoms with Gasteiger partial charge in [-0.2, -0.15) is 16.9 Å². The number of aryl methyl sites for hydroxylation is 2. The standard InChI is InChI=1S/C16H22N4OS/c1-4-5-8-22-11-16(21)18-14-6-7-15(17-10-14)20-13(3)9-12(2)19-20/h6-7,9-10H,4-5,8,11H2,1-3H3,(H,18,21). The van der Waals surface area contributed by atoms with E-state index < -0.39 is 0 Å². The Kier molecular flexibility index (Phi) is 6.00. The second kappa shape index (κ2) is 7.98. The molecule has 0 saturated heterocycles. The molecule has 1 amide bonds. The van der Waals surface area contributed by atoms with E-state index in [1.165, 1.54) is 0 Å². The number of anilines is 1. The number of aromatic nitrogens is 3. The molecule has 0 aliphatic heterocycles. The Bertz CT molecular complexity index is 622. The van der Waals surface area contributed by atoms with E-state index in [2.05, 4.69) is 22.3 Å². The summed E-state index contributed by atoms with van der Waals surface area (Å²) in [6.07, 6.45) is 3.98. The Morgan fingerprint density at radius 3 is 2.77 bits per heavy atom. The fraction of sp³-hybridized carbons (Fsp3) is 0.438. The second-order valence-electron chi connectivity index (χ2n) is 5.20. The second-order valence-corrected chi connectivity index (χ2v) is 6.30. The highest BCUT2D eigenvalue weighted by Gasteiger charge is 2.06. The Labute approximate surface area is 135 Å². The number of nitrogens with zero attached hydrogens (tertiary/aromatic N) is 3. The zero-order valence-corrected chi connectivity index (χ0v) is 14.1. The Morgan fingerprint density at radius 2 is 2.18 bits per heavy atom. The maximum atomic E-state index is 11.8. The number of unbranched alkanes of at least 4 members (excludes halogenated alkanes) is 1. The molecule has 0 radical (unpaired) electrons. The first-order chi connectivity index (χ1) is 10.6. The minimum Gasteiger partial charge on any atom is -0.324 e. The Balaban J connectivity index is 1.92. The molecule has 0 aromatic carbocycles. The fourth-order valence-corrected chi connectivity index (χ4v) is 2.95. The molecule has 5 nitrogen and oxygen atoms in total. The van der Waals surface area contributed by atoms with Gasteiger partial charge in [0.15, 0.2) is 5.82 Å². The minimum atomic E-state index is 0.0155. The van der Waals surface area contributed by atoms with Crippen LogP contribution >= 0.6 is 11.8 Å². The van der Waals surface area contributed by atoms with Gasteiger partial charge in [0.2, 0.25) is 5.91 Å². The maximum Gasteiger partial charge on any atom is 0.234 e. The summed E-state index contributed by atoms with van der Waals surface area (Å²) < 4.78 is 1.79. The number of rotatable bonds is 7. The molecule has 0 atom stereocenters. The quantitative estimate of drug-likeness (QED) is 0.795. The molecule has 2 rings (SSSR count). The fourth-order valence-electron chi connectivity index (χ4n) is 2.05. The van der Waals surface area contributed by atoms with E-state index in [0.29, 0.717) is 11.4 Å². The first-order valence-corrected chi connectivity index (χ1v) is 8.63. The van der Waals surface area contributed by atoms with Gasteiger partial charge in [-0.3, -0.25) is 4.79 Å². The van der Waals surface area contributed by atoms with Crippen LogP contribution in [0.25, 0.3) is 5.82 Å². The van der Waals surface area contributed by atoms with Crippen molar-refractivity contribution in [2.45, 2.75) is 33.6 Å². The molecular weight excluding hydrogens is 296 g/mol. The van der Waals surface area contributed by atoms with Gasteiger partial charge in [-0.15, -0.1) is 0 Å². The van der Waals surface area contributed by atoms with E-state index in [1.54, 1.807) is 22.6 Å². The number of nitrogens with one attached hydrogen (secondary N) is 1. The lowest BCUT2D eigenvalue weighted by atomic mass is 10.4. The smallest absolute Gasteiger partial charge is 0.234 e. The van der Waals surface area contributed by atoms with E-state index in [-0.39, 0.29) is 5.91 Å². The van der Waals surface area contributed by atoms with E-state index in [4.69, 9.17) is 0 Å². The van der Waals surface area contributed by atoms with Crippen molar-refractivity contribution in [2.24, 2.45) is 0 Å². The summed E-state index contributed by atoms with van der Waals surface area (Å²) in [5.74, 6) is 2.28. The third kappa shape index (κ3) is 4.59. The van der Waals surface area contributed by atoms with Crippen LogP contribution < -0.4 is 5.32 Å². The highest BCUT2D eigenvalue weighted by atomic mass is 32.2. The Hall–Kier alpha value is -1.82. The van der Waals surface area contributed by atoms with Gasteiger partial charge >= 0.3 is 0 Å². The van der Waals surface area contributed by atoms with E-state index in [9.17, 15) is 4.79 Å². The minimum absolute atomic E-state index is 0.0155. The molecule has 0 spiro atoms. The van der Waals surface area contributed by atoms with E-state index in [0.717, 1.165) is 35.8 Å². The van der Waals surface area contributed by atoms with Crippen LogP contribution in [0.4, 0.5) is 5.69 Å². The summed E-state index contributed by atoms with van der Waals surface area (Å²) in [4.78, 5) is 16.2. The molecule has 0 bridgehead atoms. The van der Waals surface area contributed by atoms with Gasteiger partial charge in [0, 0.05) is 5.69 Å². The van der Waals surface area contributed by atoms with Crippen molar-refractivity contribution < 1.29 is 4.79 Å². The third-order valence-electron chi connectivity index (χ3n) is 3.13. The van der Waals surface area contributed by atoms with Crippen LogP contribution in [0.1, 0.15) is 31.2 Å². The number of hydrogen-bond donors (Lipinski definition) is 1. The molecule has 1 N–H and O–H groups in total. The van der Waals surface area contributed by atoms with Crippen molar-refractivity contribution in [3.63, 3.8) is 0 Å². The first kappa shape index (κ1) is 16.5. The zero-order chi connectivity index (χ0) is 15.9. The van der Waals surface area contributed by atoms with Crippen molar-refractivity contribution in [3.05, 3.63) is 35.8 Å². The van der Waals surface area contributed by atoms with Gasteiger partial charge in [0.1, 0.15) is 0 Å². The Morgan fingerprint density at radius 1 is 1.36 bits per heavy atom. The highest BCUT2D eigenvalue weighted by Crippen LogP contribution is 2.13. The van der Waals surface area contributed by atoms with Crippen molar-refractivity contribution in [3.8, 4) is 5.82 Å². The number of carbonyl (C=O) groups is 1. The van der Waals surface area contributed by atoms with Crippen LogP contribution in [0.2, 0.25) is 0 Å². The summed E-state index contributed by atoms with van der Waals surface area (Å²) in [6, 6.07) is 5.72. The molecule has 2 heterocycles. The lowest BCUT2D eigenvalue weighted by Gasteiger charge is -2.07. The molecule has 0 aliphatic rings. The SMILES string of the molecule is CCCCSCC(=O)Nc1ccc(-n2nc(C)cc2C)nc1. The summed E-state index contributed by atoms with van der Waals surface area (Å²) >= 11 is 1.66.